The Morgan fingerprint density at radius 2 is 1.81 bits per heavy atom. The first-order valence-corrected chi connectivity index (χ1v) is 13.0. The van der Waals surface area contributed by atoms with Gasteiger partial charge in [0.15, 0.2) is 0 Å². The monoisotopic (exact) mass is 571 g/mol. The number of benzene rings is 3. The van der Waals surface area contributed by atoms with E-state index in [9.17, 15) is 9.90 Å². The highest BCUT2D eigenvalue weighted by Crippen LogP contribution is 2.35. The second-order valence-electron chi connectivity index (χ2n) is 8.60. The maximum Gasteiger partial charge on any atom is 0.320 e. The molecular formula is C29H31BrClNO4. The van der Waals surface area contributed by atoms with E-state index in [0.29, 0.717) is 42.7 Å². The molecule has 0 bridgehead atoms. The van der Waals surface area contributed by atoms with E-state index >= 15 is 0 Å². The fourth-order valence-corrected chi connectivity index (χ4v) is 4.43. The van der Waals surface area contributed by atoms with Crippen LogP contribution in [-0.4, -0.2) is 23.7 Å². The number of allylic oxidation sites excluding steroid dienone is 1. The summed E-state index contributed by atoms with van der Waals surface area (Å²) in [6.07, 6.45) is 2.44. The maximum absolute atomic E-state index is 11.4. The summed E-state index contributed by atoms with van der Waals surface area (Å²) in [5.74, 6) is 0.200. The molecule has 0 heterocycles. The summed E-state index contributed by atoms with van der Waals surface area (Å²) in [6, 6.07) is 19.1. The van der Waals surface area contributed by atoms with Crippen molar-refractivity contribution in [1.82, 2.24) is 5.32 Å². The van der Waals surface area contributed by atoms with Gasteiger partial charge >= 0.3 is 5.97 Å². The van der Waals surface area contributed by atoms with Crippen molar-refractivity contribution in [2.75, 3.05) is 6.61 Å². The molecule has 3 aromatic rings. The van der Waals surface area contributed by atoms with Crippen molar-refractivity contribution in [2.24, 2.45) is 0 Å². The molecule has 36 heavy (non-hydrogen) atoms. The van der Waals surface area contributed by atoms with E-state index < -0.39 is 12.0 Å². The van der Waals surface area contributed by atoms with Gasteiger partial charge in [-0.1, -0.05) is 72.6 Å². The van der Waals surface area contributed by atoms with Crippen LogP contribution in [0.25, 0.3) is 11.1 Å². The molecule has 2 N–H and O–H groups in total. The van der Waals surface area contributed by atoms with Crippen molar-refractivity contribution in [2.45, 2.75) is 46.4 Å². The second kappa shape index (κ2) is 13.5. The number of carboxylic acids is 1. The van der Waals surface area contributed by atoms with Gasteiger partial charge in [0.05, 0.1) is 5.02 Å². The van der Waals surface area contributed by atoms with E-state index in [0.717, 1.165) is 32.3 Å². The lowest BCUT2D eigenvalue weighted by molar-refractivity contribution is -0.139. The standard InChI is InChI=1S/C29H31BrClNO4/c1-4-25(29(33)34)32-17-22-15-24(31)27(16-26(22)35-14-13-19(2)3)36-18-21-11-8-12-23(28(21)30)20-9-6-5-7-10-20/h5-13,15-16,25,32H,4,14,17-18H2,1-3H3,(H,33,34). The van der Waals surface area contributed by atoms with Gasteiger partial charge in [-0.15, -0.1) is 0 Å². The molecule has 0 aliphatic rings. The molecule has 7 heteroatoms. The van der Waals surface area contributed by atoms with Crippen LogP contribution in [0, 0.1) is 0 Å². The molecule has 0 saturated heterocycles. The van der Waals surface area contributed by atoms with Gasteiger partial charge in [-0.3, -0.25) is 4.79 Å². The molecule has 0 amide bonds. The lowest BCUT2D eigenvalue weighted by Gasteiger charge is -2.18. The summed E-state index contributed by atoms with van der Waals surface area (Å²) in [6.45, 7) is 6.83. The van der Waals surface area contributed by atoms with Gasteiger partial charge < -0.3 is 19.9 Å². The molecule has 0 aromatic heterocycles. The van der Waals surface area contributed by atoms with Gasteiger partial charge in [-0.2, -0.15) is 0 Å². The summed E-state index contributed by atoms with van der Waals surface area (Å²) in [5.41, 5.74) is 5.08. The fourth-order valence-electron chi connectivity index (χ4n) is 3.58. The molecule has 5 nitrogen and oxygen atoms in total. The molecule has 0 aliphatic heterocycles. The van der Waals surface area contributed by atoms with Crippen LogP contribution in [-0.2, 0) is 17.9 Å². The Morgan fingerprint density at radius 1 is 1.06 bits per heavy atom. The van der Waals surface area contributed by atoms with E-state index in [1.807, 2.05) is 57.2 Å². The van der Waals surface area contributed by atoms with Crippen molar-refractivity contribution in [1.29, 1.82) is 0 Å². The average Bonchev–Trinajstić information content (AvgIpc) is 2.85. The van der Waals surface area contributed by atoms with Gasteiger partial charge in [0, 0.05) is 28.2 Å². The Kier molecular flexibility index (Phi) is 10.4. The van der Waals surface area contributed by atoms with Crippen LogP contribution in [0.2, 0.25) is 5.02 Å². The zero-order chi connectivity index (χ0) is 26.1. The molecular weight excluding hydrogens is 542 g/mol. The molecule has 0 radical (unpaired) electrons. The molecule has 0 aliphatic carbocycles. The molecule has 190 valence electrons. The van der Waals surface area contributed by atoms with E-state index in [-0.39, 0.29) is 0 Å². The topological polar surface area (TPSA) is 67.8 Å². The van der Waals surface area contributed by atoms with Crippen molar-refractivity contribution in [3.05, 3.63) is 92.9 Å². The average molecular weight is 573 g/mol. The predicted octanol–water partition coefficient (Wildman–Crippen LogP) is 7.65. The fraction of sp³-hybridized carbons (Fsp3) is 0.276. The number of carbonyl (C=O) groups is 1. The van der Waals surface area contributed by atoms with Gasteiger partial charge in [0.25, 0.3) is 0 Å². The third-order valence-electron chi connectivity index (χ3n) is 5.64. The Morgan fingerprint density at radius 3 is 2.47 bits per heavy atom. The molecule has 3 aromatic carbocycles. The van der Waals surface area contributed by atoms with E-state index in [1.54, 1.807) is 12.1 Å². The SMILES string of the molecule is CCC(NCc1cc(Cl)c(OCc2cccc(-c3ccccc3)c2Br)cc1OCC=C(C)C)C(=O)O. The summed E-state index contributed by atoms with van der Waals surface area (Å²) in [5, 5.41) is 12.9. The van der Waals surface area contributed by atoms with Crippen LogP contribution in [0.4, 0.5) is 0 Å². The first-order valence-electron chi connectivity index (χ1n) is 11.8. The number of halogens is 2. The Hall–Kier alpha value is -2.80. The van der Waals surface area contributed by atoms with Gasteiger partial charge in [-0.05, 0) is 59.5 Å². The maximum atomic E-state index is 11.4. The highest BCUT2D eigenvalue weighted by molar-refractivity contribution is 9.10. The van der Waals surface area contributed by atoms with Gasteiger partial charge in [0.2, 0.25) is 0 Å². The Balaban J connectivity index is 1.83. The van der Waals surface area contributed by atoms with Crippen molar-refractivity contribution >= 4 is 33.5 Å². The van der Waals surface area contributed by atoms with Crippen LogP contribution >= 0.6 is 27.5 Å². The molecule has 1 unspecified atom stereocenters. The third kappa shape index (κ3) is 7.60. The molecule has 0 spiro atoms. The highest BCUT2D eigenvalue weighted by atomic mass is 79.9. The molecule has 1 atom stereocenters. The van der Waals surface area contributed by atoms with Crippen molar-refractivity contribution in [3.63, 3.8) is 0 Å². The van der Waals surface area contributed by atoms with Gasteiger partial charge in [0.1, 0.15) is 30.8 Å². The number of carboxylic acid groups (broad SMARTS) is 1. The molecule has 3 rings (SSSR count). The van der Waals surface area contributed by atoms with Crippen LogP contribution in [0.5, 0.6) is 11.5 Å². The van der Waals surface area contributed by atoms with Crippen molar-refractivity contribution in [3.8, 4) is 22.6 Å². The minimum atomic E-state index is -0.890. The van der Waals surface area contributed by atoms with Crippen LogP contribution in [0.1, 0.15) is 38.3 Å². The number of aliphatic carboxylic acids is 1. The molecule has 0 fully saturated rings. The summed E-state index contributed by atoms with van der Waals surface area (Å²) >= 11 is 10.3. The third-order valence-corrected chi connectivity index (χ3v) is 6.87. The largest absolute Gasteiger partial charge is 0.489 e. The first kappa shape index (κ1) is 27.8. The second-order valence-corrected chi connectivity index (χ2v) is 9.80. The number of ether oxygens (including phenoxy) is 2. The predicted molar refractivity (Wildman–Crippen MR) is 149 cm³/mol. The number of hydrogen-bond donors (Lipinski definition) is 2. The van der Waals surface area contributed by atoms with E-state index in [1.165, 1.54) is 0 Å². The van der Waals surface area contributed by atoms with Crippen LogP contribution < -0.4 is 14.8 Å². The lowest BCUT2D eigenvalue weighted by atomic mass is 10.0. The number of nitrogens with one attached hydrogen (secondary N) is 1. The molecule has 0 saturated carbocycles. The summed E-state index contributed by atoms with van der Waals surface area (Å²) < 4.78 is 13.1. The zero-order valence-electron chi connectivity index (χ0n) is 20.7. The number of hydrogen-bond acceptors (Lipinski definition) is 4. The number of rotatable bonds is 12. The van der Waals surface area contributed by atoms with Crippen LogP contribution in [0.3, 0.4) is 0 Å². The highest BCUT2D eigenvalue weighted by Gasteiger charge is 2.17. The van der Waals surface area contributed by atoms with Crippen molar-refractivity contribution < 1.29 is 19.4 Å². The van der Waals surface area contributed by atoms with E-state index in [4.69, 9.17) is 21.1 Å². The normalized spacial score (nSPS) is 11.6. The Labute approximate surface area is 226 Å². The minimum Gasteiger partial charge on any atom is -0.489 e. The van der Waals surface area contributed by atoms with Gasteiger partial charge in [-0.25, -0.2) is 0 Å². The minimum absolute atomic E-state index is 0.305. The summed E-state index contributed by atoms with van der Waals surface area (Å²) in [4.78, 5) is 11.4. The van der Waals surface area contributed by atoms with Crippen LogP contribution in [0.15, 0.2) is 76.8 Å². The first-order chi connectivity index (χ1) is 17.3. The quantitative estimate of drug-likeness (QED) is 0.218. The lowest BCUT2D eigenvalue weighted by Crippen LogP contribution is -2.35. The zero-order valence-corrected chi connectivity index (χ0v) is 23.0. The Bertz CT molecular complexity index is 1210. The smallest absolute Gasteiger partial charge is 0.320 e. The summed E-state index contributed by atoms with van der Waals surface area (Å²) in [7, 11) is 0. The van der Waals surface area contributed by atoms with E-state index in [2.05, 4.69) is 39.4 Å².